The Morgan fingerprint density at radius 1 is 1.14 bits per heavy atom. The first-order valence-corrected chi connectivity index (χ1v) is 11.4. The van der Waals surface area contributed by atoms with Crippen LogP contribution in [0.25, 0.3) is 0 Å². The summed E-state index contributed by atoms with van der Waals surface area (Å²) in [5.41, 5.74) is 3.65. The number of nitrogens with zero attached hydrogens (tertiary/aromatic N) is 1. The summed E-state index contributed by atoms with van der Waals surface area (Å²) in [5.74, 6) is -0.338. The van der Waals surface area contributed by atoms with Gasteiger partial charge in [0.05, 0.1) is 18.0 Å². The van der Waals surface area contributed by atoms with E-state index in [0.29, 0.717) is 17.1 Å². The van der Waals surface area contributed by atoms with Gasteiger partial charge in [-0.15, -0.1) is 0 Å². The van der Waals surface area contributed by atoms with Crippen LogP contribution in [0.15, 0.2) is 42.5 Å². The van der Waals surface area contributed by atoms with Crippen molar-refractivity contribution < 1.29 is 13.2 Å². The summed E-state index contributed by atoms with van der Waals surface area (Å²) in [6, 6.07) is 11.4. The van der Waals surface area contributed by atoms with Crippen molar-refractivity contribution in [3.05, 3.63) is 64.2 Å². The predicted molar refractivity (Wildman–Crippen MR) is 115 cm³/mol. The third-order valence-electron chi connectivity index (χ3n) is 4.66. The molecule has 0 aliphatic carbocycles. The first kappa shape index (κ1) is 22.2. The number of hydrogen-bond acceptors (Lipinski definition) is 3. The van der Waals surface area contributed by atoms with Gasteiger partial charge in [-0.2, -0.15) is 0 Å². The fraction of sp³-hybridized carbons (Fsp3) is 0.381. The number of sulfonamides is 1. The maximum absolute atomic E-state index is 13.0. The highest BCUT2D eigenvalue weighted by Crippen LogP contribution is 2.25. The molecule has 0 bridgehead atoms. The van der Waals surface area contributed by atoms with Gasteiger partial charge in [-0.1, -0.05) is 42.3 Å². The zero-order valence-electron chi connectivity index (χ0n) is 16.9. The maximum atomic E-state index is 13.0. The van der Waals surface area contributed by atoms with Crippen LogP contribution in [0.2, 0.25) is 5.02 Å². The Balaban J connectivity index is 2.32. The second kappa shape index (κ2) is 8.97. The Labute approximate surface area is 172 Å². The lowest BCUT2D eigenvalue weighted by Gasteiger charge is -2.31. The summed E-state index contributed by atoms with van der Waals surface area (Å²) in [6.07, 6.45) is 1.44. The van der Waals surface area contributed by atoms with Crippen molar-refractivity contribution in [3.8, 4) is 0 Å². The number of amides is 1. The van der Waals surface area contributed by atoms with Crippen LogP contribution in [-0.4, -0.2) is 26.6 Å². The minimum Gasteiger partial charge on any atom is -0.348 e. The van der Waals surface area contributed by atoms with Crippen molar-refractivity contribution in [2.45, 2.75) is 46.2 Å². The molecular weight excluding hydrogens is 396 g/mol. The third kappa shape index (κ3) is 5.26. The van der Waals surface area contributed by atoms with E-state index in [1.807, 2.05) is 32.9 Å². The van der Waals surface area contributed by atoms with Crippen LogP contribution in [0.3, 0.4) is 0 Å². The van der Waals surface area contributed by atoms with E-state index in [4.69, 9.17) is 11.6 Å². The smallest absolute Gasteiger partial charge is 0.244 e. The molecule has 28 heavy (non-hydrogen) atoms. The summed E-state index contributed by atoms with van der Waals surface area (Å²) in [7, 11) is -3.67. The molecule has 5 nitrogen and oxygen atoms in total. The Morgan fingerprint density at radius 2 is 1.75 bits per heavy atom. The zero-order valence-corrected chi connectivity index (χ0v) is 18.4. The van der Waals surface area contributed by atoms with E-state index in [9.17, 15) is 13.2 Å². The molecule has 0 heterocycles. The monoisotopic (exact) mass is 422 g/mol. The lowest BCUT2D eigenvalue weighted by molar-refractivity contribution is -0.122. The van der Waals surface area contributed by atoms with Gasteiger partial charge in [0, 0.05) is 5.02 Å². The second-order valence-electron chi connectivity index (χ2n) is 7.05. The molecule has 152 valence electrons. The molecule has 2 rings (SSSR count). The summed E-state index contributed by atoms with van der Waals surface area (Å²) in [5, 5.41) is 3.47. The number of rotatable bonds is 7. The van der Waals surface area contributed by atoms with E-state index < -0.39 is 16.1 Å². The number of nitrogens with one attached hydrogen (secondary N) is 1. The molecule has 0 unspecified atom stereocenters. The lowest BCUT2D eigenvalue weighted by Crippen LogP contribution is -2.49. The zero-order chi connectivity index (χ0) is 21.1. The van der Waals surface area contributed by atoms with Crippen molar-refractivity contribution >= 4 is 33.2 Å². The van der Waals surface area contributed by atoms with Crippen molar-refractivity contribution in [2.24, 2.45) is 0 Å². The average Bonchev–Trinajstić information content (AvgIpc) is 2.59. The van der Waals surface area contributed by atoms with Gasteiger partial charge < -0.3 is 5.32 Å². The quantitative estimate of drug-likeness (QED) is 0.720. The highest BCUT2D eigenvalue weighted by molar-refractivity contribution is 7.92. The Morgan fingerprint density at radius 3 is 2.25 bits per heavy atom. The second-order valence-corrected chi connectivity index (χ2v) is 9.35. The molecule has 2 atom stereocenters. The normalized spacial score (nSPS) is 13.6. The van der Waals surface area contributed by atoms with Gasteiger partial charge in [0.15, 0.2) is 0 Å². The molecular formula is C21H27ClN2O3S. The molecule has 1 N–H and O–H groups in total. The molecule has 0 aromatic heterocycles. The maximum Gasteiger partial charge on any atom is 0.244 e. The first-order valence-electron chi connectivity index (χ1n) is 9.17. The number of carbonyl (C=O) groups excluding carboxylic acids is 1. The minimum atomic E-state index is -3.67. The van der Waals surface area contributed by atoms with Crippen LogP contribution in [0.4, 0.5) is 5.69 Å². The van der Waals surface area contributed by atoms with Crippen LogP contribution in [0.5, 0.6) is 0 Å². The molecule has 0 spiro atoms. The largest absolute Gasteiger partial charge is 0.348 e. The van der Waals surface area contributed by atoms with E-state index >= 15 is 0 Å². The van der Waals surface area contributed by atoms with E-state index in [0.717, 1.165) is 27.3 Å². The number of hydrogen-bond donors (Lipinski definition) is 1. The van der Waals surface area contributed by atoms with E-state index in [2.05, 4.69) is 11.4 Å². The predicted octanol–water partition coefficient (Wildman–Crippen LogP) is 4.38. The van der Waals surface area contributed by atoms with Gasteiger partial charge in [0.2, 0.25) is 15.9 Å². The molecule has 0 saturated carbocycles. The van der Waals surface area contributed by atoms with Gasteiger partial charge in [0.25, 0.3) is 0 Å². The van der Waals surface area contributed by atoms with E-state index in [1.54, 1.807) is 31.2 Å². The summed E-state index contributed by atoms with van der Waals surface area (Å²) in [4.78, 5) is 13.0. The van der Waals surface area contributed by atoms with E-state index in [1.165, 1.54) is 0 Å². The van der Waals surface area contributed by atoms with Crippen molar-refractivity contribution in [3.63, 3.8) is 0 Å². The van der Waals surface area contributed by atoms with Gasteiger partial charge in [-0.25, -0.2) is 8.42 Å². The van der Waals surface area contributed by atoms with Gasteiger partial charge in [-0.05, 0) is 62.6 Å². The van der Waals surface area contributed by atoms with Crippen molar-refractivity contribution in [2.75, 3.05) is 10.6 Å². The molecule has 0 radical (unpaired) electrons. The van der Waals surface area contributed by atoms with Crippen LogP contribution in [-0.2, 0) is 14.8 Å². The van der Waals surface area contributed by atoms with Crippen LogP contribution in [0, 0.1) is 13.8 Å². The molecule has 0 saturated heterocycles. The van der Waals surface area contributed by atoms with Gasteiger partial charge in [0.1, 0.15) is 6.04 Å². The van der Waals surface area contributed by atoms with Crippen LogP contribution >= 0.6 is 11.6 Å². The molecule has 0 aliphatic heterocycles. The SMILES string of the molecule is CC[C@@H](C(=O)N[C@H](C)c1ccc(C)cc1C)N(c1ccc(Cl)cc1)S(C)(=O)=O. The van der Waals surface area contributed by atoms with Crippen LogP contribution in [0.1, 0.15) is 43.0 Å². The number of aryl methyl sites for hydroxylation is 2. The van der Waals surface area contributed by atoms with Crippen LogP contribution < -0.4 is 9.62 Å². The van der Waals surface area contributed by atoms with Gasteiger partial charge >= 0.3 is 0 Å². The standard InChI is InChI=1S/C21H27ClN2O3S/c1-6-20(24(28(5,26)27)18-10-8-17(22)9-11-18)21(25)23-16(4)19-12-7-14(2)13-15(19)3/h7-13,16,20H,6H2,1-5H3,(H,23,25)/t16-,20+/m1/s1. The molecule has 1 amide bonds. The molecule has 0 aliphatic rings. The average molecular weight is 423 g/mol. The van der Waals surface area contributed by atoms with Gasteiger partial charge in [-0.3, -0.25) is 9.10 Å². The number of carbonyl (C=O) groups is 1. The highest BCUT2D eigenvalue weighted by atomic mass is 35.5. The Hall–Kier alpha value is -2.05. The lowest BCUT2D eigenvalue weighted by atomic mass is 10.00. The van der Waals surface area contributed by atoms with E-state index in [-0.39, 0.29) is 11.9 Å². The first-order chi connectivity index (χ1) is 13.0. The minimum absolute atomic E-state index is 0.242. The highest BCUT2D eigenvalue weighted by Gasteiger charge is 2.32. The summed E-state index contributed by atoms with van der Waals surface area (Å²) >= 11 is 5.92. The Bertz CT molecular complexity index is 943. The fourth-order valence-electron chi connectivity index (χ4n) is 3.35. The molecule has 2 aromatic rings. The van der Waals surface area contributed by atoms with Crippen molar-refractivity contribution in [1.82, 2.24) is 5.32 Å². The third-order valence-corrected chi connectivity index (χ3v) is 6.09. The summed E-state index contributed by atoms with van der Waals surface area (Å²) < 4.78 is 26.1. The summed E-state index contributed by atoms with van der Waals surface area (Å²) in [6.45, 7) is 7.71. The fourth-order valence-corrected chi connectivity index (χ4v) is 4.68. The number of anilines is 1. The topological polar surface area (TPSA) is 66.5 Å². The molecule has 2 aromatic carbocycles. The number of benzene rings is 2. The molecule has 0 fully saturated rings. The number of halogens is 1. The Kier molecular flexibility index (Phi) is 7.12. The molecule has 7 heteroatoms. The van der Waals surface area contributed by atoms with Crippen molar-refractivity contribution in [1.29, 1.82) is 0 Å².